The smallest absolute Gasteiger partial charge is 0.323 e. The zero-order chi connectivity index (χ0) is 22.4. The van der Waals surface area contributed by atoms with Gasteiger partial charge in [0, 0.05) is 29.7 Å². The fourth-order valence-corrected chi connectivity index (χ4v) is 3.38. The number of amides is 2. The third-order valence-corrected chi connectivity index (χ3v) is 4.83. The van der Waals surface area contributed by atoms with E-state index in [0.29, 0.717) is 34.9 Å². The van der Waals surface area contributed by atoms with E-state index < -0.39 is 11.8 Å². The number of halogens is 2. The van der Waals surface area contributed by atoms with Crippen LogP contribution in [0.5, 0.6) is 5.75 Å². The number of aromatic nitrogens is 1. The molecule has 3 aromatic rings. The van der Waals surface area contributed by atoms with Crippen molar-refractivity contribution in [3.63, 3.8) is 0 Å². The van der Waals surface area contributed by atoms with E-state index in [-0.39, 0.29) is 5.69 Å². The van der Waals surface area contributed by atoms with Crippen LogP contribution in [0.15, 0.2) is 66.5 Å². The van der Waals surface area contributed by atoms with Crippen LogP contribution in [0.4, 0.5) is 20.6 Å². The Balaban J connectivity index is 1.88. The molecule has 3 rings (SSSR count). The fourth-order valence-electron chi connectivity index (χ4n) is 3.21. The van der Waals surface area contributed by atoms with Crippen molar-refractivity contribution in [2.45, 2.75) is 6.54 Å². The van der Waals surface area contributed by atoms with Gasteiger partial charge in [0.15, 0.2) is 0 Å². The molecule has 0 atom stereocenters. The first-order chi connectivity index (χ1) is 15.0. The van der Waals surface area contributed by atoms with Gasteiger partial charge in [0.05, 0.1) is 24.0 Å². The predicted octanol–water partition coefficient (Wildman–Crippen LogP) is 4.44. The number of benzene rings is 2. The summed E-state index contributed by atoms with van der Waals surface area (Å²) in [5.74, 6) is -0.130. The molecule has 0 saturated heterocycles. The molecule has 0 spiro atoms. The third kappa shape index (κ3) is 5.17. The first kappa shape index (κ1) is 22.2. The van der Waals surface area contributed by atoms with Gasteiger partial charge in [-0.1, -0.05) is 17.7 Å². The molecule has 2 amide bonds. The van der Waals surface area contributed by atoms with Crippen molar-refractivity contribution in [3.8, 4) is 5.75 Å². The largest absolute Gasteiger partial charge is 0.495 e. The highest BCUT2D eigenvalue weighted by Gasteiger charge is 2.15. The number of carbonyl (C=O) groups is 1. The van der Waals surface area contributed by atoms with E-state index in [1.54, 1.807) is 36.4 Å². The summed E-state index contributed by atoms with van der Waals surface area (Å²) in [6.45, 7) is 0.860. The zero-order valence-corrected chi connectivity index (χ0v) is 17.6. The summed E-state index contributed by atoms with van der Waals surface area (Å²) in [6, 6.07) is 8.87. The van der Waals surface area contributed by atoms with Crippen molar-refractivity contribution in [1.29, 1.82) is 0 Å². The molecule has 1 aromatic heterocycles. The molecule has 162 valence electrons. The number of fused-ring (bicyclic) bond motifs is 1. The lowest BCUT2D eigenvalue weighted by Crippen LogP contribution is -2.20. The predicted molar refractivity (Wildman–Crippen MR) is 123 cm³/mol. The normalized spacial score (nSPS) is 11.8. The minimum absolute atomic E-state index is 0.0634. The summed E-state index contributed by atoms with van der Waals surface area (Å²) < 4.78 is 21.7. The summed E-state index contributed by atoms with van der Waals surface area (Å²) in [4.78, 5) is 12.6. The van der Waals surface area contributed by atoms with Crippen LogP contribution in [-0.4, -0.2) is 24.3 Å². The number of methoxy groups -OCH3 is 1. The highest BCUT2D eigenvalue weighted by atomic mass is 35.5. The van der Waals surface area contributed by atoms with E-state index in [0.717, 1.165) is 11.1 Å². The number of ether oxygens (including phenoxy) is 1. The fraction of sp³-hybridized carbons (Fsp3) is 0.136. The van der Waals surface area contributed by atoms with E-state index in [2.05, 4.69) is 10.6 Å². The quantitative estimate of drug-likeness (QED) is 0.405. The van der Waals surface area contributed by atoms with Crippen LogP contribution in [0.2, 0.25) is 5.02 Å². The van der Waals surface area contributed by atoms with Crippen LogP contribution in [-0.2, 0) is 6.54 Å². The molecule has 0 radical (unpaired) electrons. The van der Waals surface area contributed by atoms with Gasteiger partial charge in [-0.05, 0) is 54.2 Å². The zero-order valence-electron chi connectivity index (χ0n) is 16.9. The summed E-state index contributed by atoms with van der Waals surface area (Å²) in [7, 11) is 1.47. The van der Waals surface area contributed by atoms with Crippen LogP contribution in [0.3, 0.4) is 0 Å². The molecule has 0 bridgehead atoms. The number of nitrogens with zero attached hydrogens (tertiary/aromatic N) is 1. The van der Waals surface area contributed by atoms with E-state index >= 15 is 0 Å². The number of hydrogen-bond acceptors (Lipinski definition) is 4. The second kappa shape index (κ2) is 10.0. The maximum absolute atomic E-state index is 14.6. The van der Waals surface area contributed by atoms with E-state index in [4.69, 9.17) is 27.8 Å². The monoisotopic (exact) mass is 443 g/mol. The van der Waals surface area contributed by atoms with Crippen molar-refractivity contribution in [2.24, 2.45) is 11.5 Å². The van der Waals surface area contributed by atoms with Crippen molar-refractivity contribution < 1.29 is 13.9 Å². The molecule has 2 aromatic carbocycles. The van der Waals surface area contributed by atoms with Crippen molar-refractivity contribution >= 4 is 39.9 Å². The molecule has 6 N–H and O–H groups in total. The lowest BCUT2D eigenvalue weighted by atomic mass is 10.2. The molecule has 1 heterocycles. The van der Waals surface area contributed by atoms with Crippen molar-refractivity contribution in [3.05, 3.63) is 77.4 Å². The van der Waals surface area contributed by atoms with Crippen molar-refractivity contribution in [1.82, 2.24) is 4.57 Å². The molecule has 9 heteroatoms. The first-order valence-electron chi connectivity index (χ1n) is 9.43. The number of carbonyl (C=O) groups excluding carboxylic acids is 1. The third-order valence-electron chi connectivity index (χ3n) is 4.59. The van der Waals surface area contributed by atoms with Crippen LogP contribution in [0.25, 0.3) is 10.9 Å². The minimum Gasteiger partial charge on any atom is -0.495 e. The van der Waals surface area contributed by atoms with E-state index in [1.165, 1.54) is 19.4 Å². The highest BCUT2D eigenvalue weighted by molar-refractivity contribution is 6.31. The lowest BCUT2D eigenvalue weighted by molar-refractivity contribution is 0.262. The molecule has 0 unspecified atom stereocenters. The Morgan fingerprint density at radius 2 is 2.06 bits per heavy atom. The topological polar surface area (TPSA) is 107 Å². The number of anilines is 2. The van der Waals surface area contributed by atoms with Crippen molar-refractivity contribution in [2.75, 3.05) is 24.3 Å². The minimum atomic E-state index is -0.630. The molecule has 0 aliphatic rings. The number of nitrogens with one attached hydrogen (secondary N) is 2. The molecule has 7 nitrogen and oxygen atoms in total. The first-order valence-corrected chi connectivity index (χ1v) is 9.81. The summed E-state index contributed by atoms with van der Waals surface area (Å²) in [5, 5.41) is 6.20. The Morgan fingerprint density at radius 1 is 1.26 bits per heavy atom. The Kier molecular flexibility index (Phi) is 7.17. The van der Waals surface area contributed by atoms with Gasteiger partial charge >= 0.3 is 6.03 Å². The second-order valence-electron chi connectivity index (χ2n) is 6.60. The van der Waals surface area contributed by atoms with Crippen LogP contribution < -0.4 is 26.8 Å². The Morgan fingerprint density at radius 3 is 2.77 bits per heavy atom. The Bertz CT molecular complexity index is 1160. The van der Waals surface area contributed by atoms with Gasteiger partial charge in [-0.25, -0.2) is 9.18 Å². The Hall–Kier alpha value is -3.49. The molecule has 0 saturated carbocycles. The van der Waals surface area contributed by atoms with Crippen LogP contribution in [0, 0.1) is 5.82 Å². The number of nitrogens with two attached hydrogens (primary N) is 2. The van der Waals surface area contributed by atoms with Gasteiger partial charge in [0.25, 0.3) is 0 Å². The van der Waals surface area contributed by atoms with E-state index in [9.17, 15) is 9.18 Å². The number of hydrogen-bond donors (Lipinski definition) is 4. The number of urea groups is 1. The van der Waals surface area contributed by atoms with Gasteiger partial charge in [-0.2, -0.15) is 0 Å². The molecule has 31 heavy (non-hydrogen) atoms. The van der Waals surface area contributed by atoms with E-state index in [1.807, 2.05) is 16.8 Å². The molecular formula is C22H23ClFN5O2. The Labute approximate surface area is 184 Å². The standard InChI is InChI=1S/C22H23ClFN5O2/c1-31-20-5-2-15(23)12-18(20)27-22(30)28-21-16-8-11-29(19(16)4-3-17(21)24)13-14(6-9-25)7-10-26/h2-9,11-12H,10,13,25-26H2,1H3,(H2,27,28,30)/b9-6-,14-7+. The summed E-state index contributed by atoms with van der Waals surface area (Å²) in [5.41, 5.74) is 13.2. The number of rotatable bonds is 7. The maximum atomic E-state index is 14.6. The lowest BCUT2D eigenvalue weighted by Gasteiger charge is -2.13. The summed E-state index contributed by atoms with van der Waals surface area (Å²) >= 11 is 5.99. The van der Waals surface area contributed by atoms with Crippen LogP contribution in [0.1, 0.15) is 0 Å². The highest BCUT2D eigenvalue weighted by Crippen LogP contribution is 2.30. The average Bonchev–Trinajstić information content (AvgIpc) is 3.13. The molecular weight excluding hydrogens is 421 g/mol. The SMILES string of the molecule is COc1ccc(Cl)cc1NC(=O)Nc1c(F)ccc2c1ccn2CC(/C=C\N)=C/CN. The molecule has 0 aliphatic carbocycles. The average molecular weight is 444 g/mol. The van der Waals surface area contributed by atoms with Gasteiger partial charge in [0.1, 0.15) is 11.6 Å². The second-order valence-corrected chi connectivity index (χ2v) is 7.03. The van der Waals surface area contributed by atoms with Gasteiger partial charge in [0.2, 0.25) is 0 Å². The molecule has 0 fully saturated rings. The van der Waals surface area contributed by atoms with Gasteiger partial charge < -0.3 is 31.4 Å². The summed E-state index contributed by atoms with van der Waals surface area (Å²) in [6.07, 6.45) is 6.85. The van der Waals surface area contributed by atoms with Gasteiger partial charge in [-0.15, -0.1) is 0 Å². The molecule has 0 aliphatic heterocycles. The number of allylic oxidation sites excluding steroid dienone is 2. The maximum Gasteiger partial charge on any atom is 0.323 e. The van der Waals surface area contributed by atoms with Crippen LogP contribution >= 0.6 is 11.6 Å². The van der Waals surface area contributed by atoms with Gasteiger partial charge in [-0.3, -0.25) is 0 Å².